The minimum absolute atomic E-state index is 0.0196. The standard InChI is InChI=1S/C34H40O20/c1-12-23(41)26(44)28(46)32(50-12)54-31-27(45)24(42)19(11-49-21(40)10-34(2,47)9-20(38)39)52-33(31)53-30-25(43)22-16(37)7-14(35)8-18(22)51-29(30)13-4-5-15(36)17(6-13)48-3/h4-8,12,19,23-24,26-28,31-33,35-37,41-42,44-47H,9-11H2,1-3H3,(H,38,39)/t12-,19+,23-,24+,26+,27-,28+,31+,32-,33-,34-/m0/s1. The molecule has 0 saturated carbocycles. The number of carboxylic acid groups (broad SMARTS) is 1. The van der Waals surface area contributed by atoms with E-state index in [1.807, 2.05) is 0 Å². The Balaban J connectivity index is 1.57. The largest absolute Gasteiger partial charge is 0.508 e. The molecule has 296 valence electrons. The number of methoxy groups -OCH3 is 1. The van der Waals surface area contributed by atoms with Gasteiger partial charge in [0.05, 0.1) is 31.7 Å². The summed E-state index contributed by atoms with van der Waals surface area (Å²) in [5.74, 6) is -5.30. The predicted molar refractivity (Wildman–Crippen MR) is 176 cm³/mol. The fraction of sp³-hybridized carbons (Fsp3) is 0.500. The van der Waals surface area contributed by atoms with Crippen LogP contribution in [-0.4, -0.2) is 144 Å². The summed E-state index contributed by atoms with van der Waals surface area (Å²) < 4.78 is 39.3. The number of benzene rings is 2. The summed E-state index contributed by atoms with van der Waals surface area (Å²) in [6.45, 7) is 1.58. The monoisotopic (exact) mass is 768 g/mol. The third-order valence-corrected chi connectivity index (χ3v) is 8.80. The van der Waals surface area contributed by atoms with Gasteiger partial charge in [0, 0.05) is 17.7 Å². The van der Waals surface area contributed by atoms with E-state index in [1.165, 1.54) is 32.2 Å². The molecule has 2 aliphatic heterocycles. The van der Waals surface area contributed by atoms with E-state index >= 15 is 0 Å². The molecule has 0 bridgehead atoms. The predicted octanol–water partition coefficient (Wildman–Crippen LogP) is -1.22. The van der Waals surface area contributed by atoms with E-state index in [2.05, 4.69) is 0 Å². The van der Waals surface area contributed by atoms with Crippen molar-refractivity contribution >= 4 is 22.9 Å². The third kappa shape index (κ3) is 8.46. The second kappa shape index (κ2) is 15.9. The van der Waals surface area contributed by atoms with E-state index in [9.17, 15) is 60.3 Å². The number of aromatic hydroxyl groups is 3. The van der Waals surface area contributed by atoms with Crippen molar-refractivity contribution in [2.45, 2.75) is 93.7 Å². The van der Waals surface area contributed by atoms with Crippen LogP contribution in [0.15, 0.2) is 39.5 Å². The molecule has 20 nitrogen and oxygen atoms in total. The van der Waals surface area contributed by atoms with Crippen LogP contribution in [-0.2, 0) is 28.5 Å². The fourth-order valence-electron chi connectivity index (χ4n) is 5.99. The quantitative estimate of drug-likeness (QED) is 0.0966. The molecule has 11 atom stereocenters. The Morgan fingerprint density at radius 2 is 1.57 bits per heavy atom. The van der Waals surface area contributed by atoms with E-state index in [0.717, 1.165) is 19.1 Å². The van der Waals surface area contributed by atoms with Gasteiger partial charge in [0.1, 0.15) is 65.7 Å². The van der Waals surface area contributed by atoms with Crippen LogP contribution in [0.4, 0.5) is 0 Å². The molecule has 20 heteroatoms. The Labute approximate surface area is 304 Å². The molecule has 2 fully saturated rings. The van der Waals surface area contributed by atoms with Gasteiger partial charge >= 0.3 is 11.9 Å². The molecule has 54 heavy (non-hydrogen) atoms. The lowest BCUT2D eigenvalue weighted by Gasteiger charge is -2.45. The zero-order chi connectivity index (χ0) is 39.8. The maximum atomic E-state index is 14.1. The van der Waals surface area contributed by atoms with Gasteiger partial charge in [0.25, 0.3) is 0 Å². The van der Waals surface area contributed by atoms with E-state index in [0.29, 0.717) is 0 Å². The zero-order valence-corrected chi connectivity index (χ0v) is 28.8. The number of fused-ring (bicyclic) bond motifs is 1. The van der Waals surface area contributed by atoms with Crippen LogP contribution in [0.25, 0.3) is 22.3 Å². The second-order valence-electron chi connectivity index (χ2n) is 13.2. The van der Waals surface area contributed by atoms with Crippen molar-refractivity contribution in [2.24, 2.45) is 0 Å². The minimum atomic E-state index is -2.08. The average molecular weight is 769 g/mol. The van der Waals surface area contributed by atoms with E-state index < -0.39 is 132 Å². The number of carbonyl (C=O) groups excluding carboxylic acids is 1. The summed E-state index contributed by atoms with van der Waals surface area (Å²) in [7, 11) is 1.24. The lowest BCUT2D eigenvalue weighted by atomic mass is 9.97. The molecule has 0 aliphatic carbocycles. The highest BCUT2D eigenvalue weighted by Gasteiger charge is 2.52. The molecule has 10 N–H and O–H groups in total. The van der Waals surface area contributed by atoms with Crippen LogP contribution < -0.4 is 14.9 Å². The molecule has 2 aromatic carbocycles. The fourth-order valence-corrected chi connectivity index (χ4v) is 5.99. The average Bonchev–Trinajstić information content (AvgIpc) is 3.08. The summed E-state index contributed by atoms with van der Waals surface area (Å²) in [6, 6.07) is 5.58. The highest BCUT2D eigenvalue weighted by atomic mass is 16.8. The molecule has 0 amide bonds. The highest BCUT2D eigenvalue weighted by molar-refractivity contribution is 5.88. The van der Waals surface area contributed by atoms with Crippen LogP contribution in [0.1, 0.15) is 26.7 Å². The Morgan fingerprint density at radius 1 is 0.870 bits per heavy atom. The van der Waals surface area contributed by atoms with Gasteiger partial charge in [-0.05, 0) is 32.0 Å². The molecular weight excluding hydrogens is 728 g/mol. The first-order valence-electron chi connectivity index (χ1n) is 16.3. The molecule has 3 aromatic rings. The Kier molecular flexibility index (Phi) is 11.9. The molecule has 2 aliphatic rings. The lowest BCUT2D eigenvalue weighted by molar-refractivity contribution is -0.354. The van der Waals surface area contributed by atoms with Gasteiger partial charge in [0.15, 0.2) is 29.7 Å². The summed E-state index contributed by atoms with van der Waals surface area (Å²) >= 11 is 0. The van der Waals surface area contributed by atoms with Gasteiger partial charge in [-0.25, -0.2) is 0 Å². The SMILES string of the molecule is COc1cc(-c2oc3cc(O)cc(O)c3c(=O)c2O[C@@H]2O[C@H](COC(=O)C[C@@](C)(O)CC(=O)O)[C@@H](O)[C@H](O)[C@H]2O[C@@H]2O[C@@H](C)[C@H](O)[C@@H](O)[C@H]2O)ccc1O. The molecule has 5 rings (SSSR count). The number of ether oxygens (including phenoxy) is 6. The van der Waals surface area contributed by atoms with Crippen molar-refractivity contribution in [1.82, 2.24) is 0 Å². The Morgan fingerprint density at radius 3 is 2.24 bits per heavy atom. The summed E-state index contributed by atoms with van der Waals surface area (Å²) in [5.41, 5.74) is -3.41. The zero-order valence-electron chi connectivity index (χ0n) is 28.8. The van der Waals surface area contributed by atoms with Crippen molar-refractivity contribution in [1.29, 1.82) is 0 Å². The lowest BCUT2D eigenvalue weighted by Crippen LogP contribution is -2.64. The normalized spacial score (nSPS) is 29.6. The van der Waals surface area contributed by atoms with Gasteiger partial charge in [-0.15, -0.1) is 0 Å². The van der Waals surface area contributed by atoms with E-state index in [1.54, 1.807) is 0 Å². The summed E-state index contributed by atoms with van der Waals surface area (Å²) in [5, 5.41) is 103. The Bertz CT molecular complexity index is 1910. The smallest absolute Gasteiger partial charge is 0.308 e. The number of rotatable bonds is 12. The number of aliphatic hydroxyl groups excluding tert-OH is 5. The topological polar surface area (TPSA) is 322 Å². The van der Waals surface area contributed by atoms with Crippen LogP contribution in [0.3, 0.4) is 0 Å². The van der Waals surface area contributed by atoms with Crippen LogP contribution in [0.2, 0.25) is 0 Å². The van der Waals surface area contributed by atoms with Gasteiger partial charge in [-0.1, -0.05) is 0 Å². The van der Waals surface area contributed by atoms with Crippen molar-refractivity contribution in [2.75, 3.05) is 13.7 Å². The molecule has 1 aromatic heterocycles. The summed E-state index contributed by atoms with van der Waals surface area (Å²) in [6.07, 6.45) is -19.5. The van der Waals surface area contributed by atoms with Gasteiger partial charge in [-0.3, -0.25) is 14.4 Å². The first kappa shape index (κ1) is 40.4. The van der Waals surface area contributed by atoms with Gasteiger partial charge in [0.2, 0.25) is 17.5 Å². The third-order valence-electron chi connectivity index (χ3n) is 8.80. The second-order valence-corrected chi connectivity index (χ2v) is 13.2. The molecule has 3 heterocycles. The van der Waals surface area contributed by atoms with E-state index in [4.69, 9.17) is 37.9 Å². The number of carboxylic acids is 1. The summed E-state index contributed by atoms with van der Waals surface area (Å²) in [4.78, 5) is 37.7. The Hall–Kier alpha value is -4.77. The number of hydrogen-bond donors (Lipinski definition) is 10. The number of aliphatic hydroxyl groups is 6. The molecule has 0 unspecified atom stereocenters. The molecular formula is C34H40O20. The first-order chi connectivity index (χ1) is 25.3. The van der Waals surface area contributed by atoms with Crippen molar-refractivity contribution < 1.29 is 93.5 Å². The number of hydrogen-bond acceptors (Lipinski definition) is 19. The minimum Gasteiger partial charge on any atom is -0.508 e. The van der Waals surface area contributed by atoms with Crippen LogP contribution in [0.5, 0.6) is 28.7 Å². The molecule has 2 saturated heterocycles. The number of phenols is 3. The molecule has 0 radical (unpaired) electrons. The van der Waals surface area contributed by atoms with Crippen molar-refractivity contribution in [3.05, 3.63) is 40.6 Å². The van der Waals surface area contributed by atoms with Gasteiger partial charge in [-0.2, -0.15) is 0 Å². The maximum Gasteiger partial charge on any atom is 0.308 e. The van der Waals surface area contributed by atoms with E-state index in [-0.39, 0.29) is 22.6 Å². The number of carbonyl (C=O) groups is 2. The van der Waals surface area contributed by atoms with Crippen molar-refractivity contribution in [3.8, 4) is 40.1 Å². The van der Waals surface area contributed by atoms with Crippen LogP contribution >= 0.6 is 0 Å². The number of esters is 1. The molecule has 0 spiro atoms. The van der Waals surface area contributed by atoms with Crippen LogP contribution in [0, 0.1) is 0 Å². The van der Waals surface area contributed by atoms with Crippen molar-refractivity contribution in [3.63, 3.8) is 0 Å². The first-order valence-corrected chi connectivity index (χ1v) is 16.3. The highest BCUT2D eigenvalue weighted by Crippen LogP contribution is 2.40. The number of phenolic OH excluding ortho intramolecular Hbond substituents is 3. The maximum absolute atomic E-state index is 14.1. The van der Waals surface area contributed by atoms with Gasteiger partial charge < -0.3 is 83.9 Å². The number of aliphatic carboxylic acids is 1.